The molecular weight excluding hydrogens is 328 g/mol. The van der Waals surface area contributed by atoms with Gasteiger partial charge in [0.25, 0.3) is 5.56 Å². The number of pyridine rings is 2. The van der Waals surface area contributed by atoms with Crippen LogP contribution < -0.4 is 5.56 Å². The predicted octanol–water partition coefficient (Wildman–Crippen LogP) is 4.98. The molecule has 0 saturated heterocycles. The highest BCUT2D eigenvalue weighted by molar-refractivity contribution is 9.10. The lowest BCUT2D eigenvalue weighted by Gasteiger charge is -2.04. The number of halogens is 1. The Morgan fingerprint density at radius 2 is 1.76 bits per heavy atom. The Morgan fingerprint density at radius 3 is 2.33 bits per heavy atom. The Labute approximate surface area is 135 Å². The second-order valence-corrected chi connectivity index (χ2v) is 6.18. The number of fused-ring (bicyclic) bond motifs is 1. The summed E-state index contributed by atoms with van der Waals surface area (Å²) >= 11 is 3.43. The Balaban J connectivity index is 0.000000270. The van der Waals surface area contributed by atoms with Crippen LogP contribution in [-0.2, 0) is 7.05 Å². The SMILES string of the molecule is CCCCCCC.Cc1cc2c(Br)cn(C)c(=O)c2cn1. The first-order chi connectivity index (χ1) is 10.0. The molecule has 0 spiro atoms. The molecule has 0 aliphatic heterocycles. The van der Waals surface area contributed by atoms with Crippen LogP contribution in [0.1, 0.15) is 51.6 Å². The summed E-state index contributed by atoms with van der Waals surface area (Å²) in [7, 11) is 1.73. The van der Waals surface area contributed by atoms with Crippen LogP contribution in [0.2, 0.25) is 0 Å². The molecule has 2 heterocycles. The summed E-state index contributed by atoms with van der Waals surface area (Å²) in [5.41, 5.74) is 0.891. The van der Waals surface area contributed by atoms with E-state index >= 15 is 0 Å². The monoisotopic (exact) mass is 352 g/mol. The maximum atomic E-state index is 11.7. The summed E-state index contributed by atoms with van der Waals surface area (Å²) in [6.07, 6.45) is 10.4. The third-order valence-corrected chi connectivity index (χ3v) is 3.99. The molecule has 4 heteroatoms. The molecule has 0 unspecified atom stereocenters. The second kappa shape index (κ2) is 8.98. The normalized spacial score (nSPS) is 10.3. The van der Waals surface area contributed by atoms with E-state index in [-0.39, 0.29) is 5.56 Å². The van der Waals surface area contributed by atoms with Gasteiger partial charge in [0.2, 0.25) is 0 Å². The van der Waals surface area contributed by atoms with Gasteiger partial charge in [0, 0.05) is 35.0 Å². The van der Waals surface area contributed by atoms with Gasteiger partial charge in [-0.1, -0.05) is 46.0 Å². The first-order valence-corrected chi connectivity index (χ1v) is 8.42. The molecule has 0 aliphatic rings. The molecule has 3 nitrogen and oxygen atoms in total. The van der Waals surface area contributed by atoms with E-state index in [1.807, 2.05) is 13.0 Å². The molecule has 2 aromatic rings. The van der Waals surface area contributed by atoms with E-state index in [0.29, 0.717) is 5.39 Å². The summed E-state index contributed by atoms with van der Waals surface area (Å²) in [4.78, 5) is 15.8. The quantitative estimate of drug-likeness (QED) is 0.727. The van der Waals surface area contributed by atoms with Crippen LogP contribution in [-0.4, -0.2) is 9.55 Å². The van der Waals surface area contributed by atoms with Crippen LogP contribution in [0.15, 0.2) is 27.7 Å². The summed E-state index contributed by atoms with van der Waals surface area (Å²) in [5.74, 6) is 0. The molecule has 0 atom stereocenters. The third kappa shape index (κ3) is 5.27. The van der Waals surface area contributed by atoms with Crippen molar-refractivity contribution in [1.29, 1.82) is 0 Å². The van der Waals surface area contributed by atoms with Crippen molar-refractivity contribution in [2.75, 3.05) is 0 Å². The van der Waals surface area contributed by atoms with Gasteiger partial charge in [-0.15, -0.1) is 0 Å². The van der Waals surface area contributed by atoms with Gasteiger partial charge in [0.15, 0.2) is 0 Å². The average Bonchev–Trinajstić information content (AvgIpc) is 2.46. The molecule has 21 heavy (non-hydrogen) atoms. The van der Waals surface area contributed by atoms with Gasteiger partial charge in [-0.3, -0.25) is 9.78 Å². The summed E-state index contributed by atoms with van der Waals surface area (Å²) in [6.45, 7) is 6.40. The van der Waals surface area contributed by atoms with Gasteiger partial charge in [-0.25, -0.2) is 0 Å². The van der Waals surface area contributed by atoms with Crippen molar-refractivity contribution in [3.63, 3.8) is 0 Å². The molecule has 0 aromatic carbocycles. The van der Waals surface area contributed by atoms with E-state index in [4.69, 9.17) is 0 Å². The molecule has 0 saturated carbocycles. The topological polar surface area (TPSA) is 34.9 Å². The number of nitrogens with zero attached hydrogens (tertiary/aromatic N) is 2. The Morgan fingerprint density at radius 1 is 1.14 bits per heavy atom. The highest BCUT2D eigenvalue weighted by atomic mass is 79.9. The highest BCUT2D eigenvalue weighted by Gasteiger charge is 2.05. The fourth-order valence-corrected chi connectivity index (χ4v) is 2.73. The summed E-state index contributed by atoms with van der Waals surface area (Å²) in [6, 6.07) is 1.90. The van der Waals surface area contributed by atoms with E-state index in [2.05, 4.69) is 34.8 Å². The van der Waals surface area contributed by atoms with Crippen molar-refractivity contribution in [2.24, 2.45) is 7.05 Å². The highest BCUT2D eigenvalue weighted by Crippen LogP contribution is 2.20. The van der Waals surface area contributed by atoms with Crippen molar-refractivity contribution >= 4 is 26.7 Å². The van der Waals surface area contributed by atoms with E-state index in [1.165, 1.54) is 32.1 Å². The van der Waals surface area contributed by atoms with Gasteiger partial charge in [0.05, 0.1) is 5.39 Å². The van der Waals surface area contributed by atoms with E-state index in [9.17, 15) is 4.79 Å². The zero-order valence-electron chi connectivity index (χ0n) is 13.4. The van der Waals surface area contributed by atoms with Crippen molar-refractivity contribution in [2.45, 2.75) is 52.9 Å². The molecule has 0 bridgehead atoms. The van der Waals surface area contributed by atoms with Crippen molar-refractivity contribution < 1.29 is 0 Å². The van der Waals surface area contributed by atoms with E-state index in [1.54, 1.807) is 24.0 Å². The maximum Gasteiger partial charge on any atom is 0.259 e. The lowest BCUT2D eigenvalue weighted by atomic mass is 10.2. The molecule has 0 fully saturated rings. The standard InChI is InChI=1S/C10H9BrN2O.C7H16/c1-6-3-7-8(4-12-6)10(14)13(2)5-9(7)11;1-3-5-7-6-4-2/h3-5H,1-2H3;3-7H2,1-2H3. The van der Waals surface area contributed by atoms with Crippen LogP contribution in [0.3, 0.4) is 0 Å². The van der Waals surface area contributed by atoms with Gasteiger partial charge >= 0.3 is 0 Å². The summed E-state index contributed by atoms with van der Waals surface area (Å²) in [5, 5.41) is 1.56. The lowest BCUT2D eigenvalue weighted by Crippen LogP contribution is -2.16. The van der Waals surface area contributed by atoms with Gasteiger partial charge in [-0.05, 0) is 28.9 Å². The Kier molecular flexibility index (Phi) is 7.65. The molecule has 2 rings (SSSR count). The largest absolute Gasteiger partial charge is 0.317 e. The van der Waals surface area contributed by atoms with Gasteiger partial charge < -0.3 is 4.57 Å². The molecule has 0 amide bonds. The minimum atomic E-state index is -0.0179. The Hall–Kier alpha value is -1.16. The van der Waals surface area contributed by atoms with E-state index < -0.39 is 0 Å². The maximum absolute atomic E-state index is 11.7. The minimum Gasteiger partial charge on any atom is -0.317 e. The molecule has 2 aromatic heterocycles. The smallest absolute Gasteiger partial charge is 0.259 e. The van der Waals surface area contributed by atoms with Gasteiger partial charge in [-0.2, -0.15) is 0 Å². The molecule has 0 aliphatic carbocycles. The summed E-state index contributed by atoms with van der Waals surface area (Å²) < 4.78 is 2.46. The number of hydrogen-bond donors (Lipinski definition) is 0. The predicted molar refractivity (Wildman–Crippen MR) is 93.9 cm³/mol. The first kappa shape index (κ1) is 17.9. The van der Waals surface area contributed by atoms with Crippen molar-refractivity contribution in [1.82, 2.24) is 9.55 Å². The van der Waals surface area contributed by atoms with Crippen molar-refractivity contribution in [3.05, 3.63) is 39.0 Å². The van der Waals surface area contributed by atoms with Crippen LogP contribution in [0.5, 0.6) is 0 Å². The lowest BCUT2D eigenvalue weighted by molar-refractivity contribution is 0.656. The second-order valence-electron chi connectivity index (χ2n) is 5.33. The van der Waals surface area contributed by atoms with Crippen LogP contribution >= 0.6 is 15.9 Å². The zero-order chi connectivity index (χ0) is 15.8. The molecule has 0 N–H and O–H groups in total. The van der Waals surface area contributed by atoms with Crippen LogP contribution in [0, 0.1) is 6.92 Å². The van der Waals surface area contributed by atoms with Crippen LogP contribution in [0.25, 0.3) is 10.8 Å². The minimum absolute atomic E-state index is 0.0179. The number of aromatic nitrogens is 2. The van der Waals surface area contributed by atoms with Crippen LogP contribution in [0.4, 0.5) is 0 Å². The first-order valence-electron chi connectivity index (χ1n) is 7.62. The number of rotatable bonds is 4. The average molecular weight is 353 g/mol. The fourth-order valence-electron chi connectivity index (χ4n) is 2.09. The van der Waals surface area contributed by atoms with Crippen molar-refractivity contribution in [3.8, 4) is 0 Å². The molecular formula is C17H25BrN2O. The Bertz CT molecular complexity index is 630. The third-order valence-electron chi connectivity index (χ3n) is 3.36. The van der Waals surface area contributed by atoms with Gasteiger partial charge in [0.1, 0.15) is 0 Å². The fraction of sp³-hybridized carbons (Fsp3) is 0.529. The number of unbranched alkanes of at least 4 members (excludes halogenated alkanes) is 4. The zero-order valence-corrected chi connectivity index (χ0v) is 15.0. The molecule has 116 valence electrons. The number of hydrogen-bond acceptors (Lipinski definition) is 2. The van der Waals surface area contributed by atoms with E-state index in [0.717, 1.165) is 15.6 Å². The molecule has 0 radical (unpaired) electrons. The number of aryl methyl sites for hydroxylation is 2.